The number of aryl methyl sites for hydroxylation is 2. The molecule has 0 spiro atoms. The molecule has 1 aliphatic rings. The molecule has 0 bridgehead atoms. The molecule has 5 nitrogen and oxygen atoms in total. The summed E-state index contributed by atoms with van der Waals surface area (Å²) in [5, 5.41) is 3.59. The minimum Gasteiger partial charge on any atom is -0.335 e. The summed E-state index contributed by atoms with van der Waals surface area (Å²) in [4.78, 5) is 9.04. The Balaban J connectivity index is 1.44. The Kier molecular flexibility index (Phi) is 3.42. The lowest BCUT2D eigenvalue weighted by Gasteiger charge is -2.23. The van der Waals surface area contributed by atoms with Crippen LogP contribution in [0.2, 0.25) is 0 Å². The van der Waals surface area contributed by atoms with Crippen molar-refractivity contribution in [2.45, 2.75) is 38.8 Å². The van der Waals surface area contributed by atoms with Gasteiger partial charge in [-0.05, 0) is 31.4 Å². The third-order valence-electron chi connectivity index (χ3n) is 4.57. The van der Waals surface area contributed by atoms with Gasteiger partial charge in [0.2, 0.25) is 0 Å². The Bertz CT molecular complexity index is 785. The molecule has 0 saturated heterocycles. The van der Waals surface area contributed by atoms with E-state index in [1.807, 2.05) is 12.4 Å². The molecule has 0 fully saturated rings. The van der Waals surface area contributed by atoms with Crippen molar-refractivity contribution in [2.75, 3.05) is 6.54 Å². The Morgan fingerprint density at radius 1 is 1.32 bits per heavy atom. The molecule has 0 radical (unpaired) electrons. The first kappa shape index (κ1) is 13.5. The van der Waals surface area contributed by atoms with E-state index >= 15 is 0 Å². The Morgan fingerprint density at radius 3 is 3.23 bits per heavy atom. The van der Waals surface area contributed by atoms with Crippen LogP contribution in [0.25, 0.3) is 5.65 Å². The highest BCUT2D eigenvalue weighted by Gasteiger charge is 2.20. The lowest BCUT2D eigenvalue weighted by Crippen LogP contribution is -2.26. The van der Waals surface area contributed by atoms with Crippen molar-refractivity contribution in [1.29, 1.82) is 0 Å². The molecule has 1 atom stereocenters. The van der Waals surface area contributed by atoms with E-state index in [4.69, 9.17) is 0 Å². The molecule has 22 heavy (non-hydrogen) atoms. The molecule has 0 unspecified atom stereocenters. The fourth-order valence-electron chi connectivity index (χ4n) is 3.41. The zero-order chi connectivity index (χ0) is 14.9. The normalized spacial score (nSPS) is 17.8. The van der Waals surface area contributed by atoms with E-state index in [1.54, 1.807) is 0 Å². The van der Waals surface area contributed by atoms with Crippen LogP contribution in [0.3, 0.4) is 0 Å². The first-order valence-corrected chi connectivity index (χ1v) is 7.96. The topological polar surface area (TPSA) is 47.1 Å². The van der Waals surface area contributed by atoms with Crippen molar-refractivity contribution in [3.05, 3.63) is 54.0 Å². The summed E-state index contributed by atoms with van der Waals surface area (Å²) in [5.74, 6) is 1.75. The average Bonchev–Trinajstić information content (AvgIpc) is 3.15. The molecule has 0 saturated carbocycles. The van der Waals surface area contributed by atoms with E-state index in [-0.39, 0.29) is 0 Å². The molecule has 1 aliphatic heterocycles. The van der Waals surface area contributed by atoms with Gasteiger partial charge in [0.05, 0.1) is 11.9 Å². The maximum atomic E-state index is 4.52. The highest BCUT2D eigenvalue weighted by Crippen LogP contribution is 2.24. The van der Waals surface area contributed by atoms with Crippen LogP contribution in [-0.4, -0.2) is 25.5 Å². The largest absolute Gasteiger partial charge is 0.335 e. The van der Waals surface area contributed by atoms with Crippen LogP contribution in [0, 0.1) is 6.92 Å². The first-order chi connectivity index (χ1) is 10.8. The molecule has 114 valence electrons. The van der Waals surface area contributed by atoms with Gasteiger partial charge >= 0.3 is 0 Å². The minimum atomic E-state index is 0.518. The van der Waals surface area contributed by atoms with E-state index in [0.717, 1.165) is 25.3 Å². The standard InChI is InChI=1S/C17H21N5/c1-13-4-2-8-22-15(12-20-16(13)22)11-18-10-14-5-3-7-21-9-6-19-17(14)21/h2,4,6,8-9,12,14,18H,3,5,7,10-11H2,1H3/t14-/m0/s1. The summed E-state index contributed by atoms with van der Waals surface area (Å²) < 4.78 is 4.46. The summed E-state index contributed by atoms with van der Waals surface area (Å²) in [6.45, 7) is 5.01. The second-order valence-electron chi connectivity index (χ2n) is 6.08. The minimum absolute atomic E-state index is 0.518. The molecule has 0 aliphatic carbocycles. The number of nitrogens with one attached hydrogen (secondary N) is 1. The number of nitrogens with zero attached hydrogens (tertiary/aromatic N) is 4. The molecular formula is C17H21N5. The molecular weight excluding hydrogens is 274 g/mol. The molecule has 3 aromatic heterocycles. The van der Waals surface area contributed by atoms with Crippen molar-refractivity contribution in [1.82, 2.24) is 24.3 Å². The first-order valence-electron chi connectivity index (χ1n) is 7.96. The van der Waals surface area contributed by atoms with Crippen molar-refractivity contribution in [3.63, 3.8) is 0 Å². The van der Waals surface area contributed by atoms with Gasteiger partial charge in [0.1, 0.15) is 11.5 Å². The second kappa shape index (κ2) is 5.57. The van der Waals surface area contributed by atoms with Gasteiger partial charge in [-0.1, -0.05) is 6.07 Å². The van der Waals surface area contributed by atoms with Gasteiger partial charge in [-0.15, -0.1) is 0 Å². The van der Waals surface area contributed by atoms with Crippen molar-refractivity contribution in [3.8, 4) is 0 Å². The van der Waals surface area contributed by atoms with Gasteiger partial charge in [-0.3, -0.25) is 0 Å². The lowest BCUT2D eigenvalue weighted by atomic mass is 9.99. The van der Waals surface area contributed by atoms with Crippen LogP contribution in [0.1, 0.15) is 35.8 Å². The van der Waals surface area contributed by atoms with Crippen LogP contribution in [0.15, 0.2) is 36.9 Å². The molecule has 0 amide bonds. The fourth-order valence-corrected chi connectivity index (χ4v) is 3.41. The Morgan fingerprint density at radius 2 is 2.27 bits per heavy atom. The molecule has 5 heteroatoms. The predicted octanol–water partition coefficient (Wildman–Crippen LogP) is 2.51. The van der Waals surface area contributed by atoms with Crippen molar-refractivity contribution < 1.29 is 0 Å². The smallest absolute Gasteiger partial charge is 0.139 e. The molecule has 1 N–H and O–H groups in total. The summed E-state index contributed by atoms with van der Waals surface area (Å²) in [7, 11) is 0. The third kappa shape index (κ3) is 2.31. The third-order valence-corrected chi connectivity index (χ3v) is 4.57. The van der Waals surface area contributed by atoms with Crippen LogP contribution >= 0.6 is 0 Å². The van der Waals surface area contributed by atoms with Gasteiger partial charge in [-0.25, -0.2) is 9.97 Å². The SMILES string of the molecule is Cc1cccn2c(CNC[C@@H]3CCCn4ccnc43)cnc12. The number of hydrogen-bond acceptors (Lipinski definition) is 3. The maximum Gasteiger partial charge on any atom is 0.139 e. The average molecular weight is 295 g/mol. The van der Waals surface area contributed by atoms with Gasteiger partial charge in [0.25, 0.3) is 0 Å². The van der Waals surface area contributed by atoms with E-state index in [1.165, 1.54) is 29.9 Å². The Labute approximate surface area is 130 Å². The number of fused-ring (bicyclic) bond motifs is 2. The second-order valence-corrected chi connectivity index (χ2v) is 6.08. The number of rotatable bonds is 4. The summed E-state index contributed by atoms with van der Waals surface area (Å²) in [6.07, 6.45) is 10.5. The van der Waals surface area contributed by atoms with E-state index in [0.29, 0.717) is 5.92 Å². The van der Waals surface area contributed by atoms with Crippen molar-refractivity contribution >= 4 is 5.65 Å². The summed E-state index contributed by atoms with van der Waals surface area (Å²) >= 11 is 0. The van der Waals surface area contributed by atoms with Gasteiger partial charge in [0.15, 0.2) is 0 Å². The number of imidazole rings is 2. The quantitative estimate of drug-likeness (QED) is 0.804. The van der Waals surface area contributed by atoms with Crippen molar-refractivity contribution in [2.24, 2.45) is 0 Å². The zero-order valence-corrected chi connectivity index (χ0v) is 12.9. The predicted molar refractivity (Wildman–Crippen MR) is 85.8 cm³/mol. The lowest BCUT2D eigenvalue weighted by molar-refractivity contribution is 0.422. The maximum absolute atomic E-state index is 4.52. The molecule has 4 rings (SSSR count). The van der Waals surface area contributed by atoms with E-state index in [9.17, 15) is 0 Å². The molecule has 4 heterocycles. The number of hydrogen-bond donors (Lipinski definition) is 1. The Hall–Kier alpha value is -2.14. The molecule has 0 aromatic carbocycles. The highest BCUT2D eigenvalue weighted by atomic mass is 15.1. The van der Waals surface area contributed by atoms with Crippen LogP contribution < -0.4 is 5.32 Å². The van der Waals surface area contributed by atoms with Crippen LogP contribution in [0.4, 0.5) is 0 Å². The number of pyridine rings is 1. The van der Waals surface area contributed by atoms with Crippen LogP contribution in [0.5, 0.6) is 0 Å². The highest BCUT2D eigenvalue weighted by molar-refractivity contribution is 5.48. The fraction of sp³-hybridized carbons (Fsp3) is 0.412. The number of aromatic nitrogens is 4. The van der Waals surface area contributed by atoms with Gasteiger partial charge in [0, 0.05) is 44.1 Å². The van der Waals surface area contributed by atoms with Crippen LogP contribution in [-0.2, 0) is 13.1 Å². The summed E-state index contributed by atoms with van der Waals surface area (Å²) in [6, 6.07) is 4.17. The van der Waals surface area contributed by atoms with Gasteiger partial charge in [-0.2, -0.15) is 0 Å². The van der Waals surface area contributed by atoms with E-state index < -0.39 is 0 Å². The van der Waals surface area contributed by atoms with Gasteiger partial charge < -0.3 is 14.3 Å². The molecule has 3 aromatic rings. The van der Waals surface area contributed by atoms with E-state index in [2.05, 4.69) is 55.7 Å². The summed E-state index contributed by atoms with van der Waals surface area (Å²) in [5.41, 5.74) is 3.47. The monoisotopic (exact) mass is 295 g/mol. The zero-order valence-electron chi connectivity index (χ0n) is 12.9.